The molecule has 3 rings (SSSR count). The molecule has 154 valence electrons. The molecule has 8 heteroatoms. The van der Waals surface area contributed by atoms with Crippen molar-refractivity contribution in [3.8, 4) is 17.1 Å². The summed E-state index contributed by atoms with van der Waals surface area (Å²) in [5, 5.41) is 16.4. The lowest BCUT2D eigenvalue weighted by atomic mass is 10.1. The minimum absolute atomic E-state index is 0.0330. The molecule has 1 unspecified atom stereocenters. The summed E-state index contributed by atoms with van der Waals surface area (Å²) < 4.78 is 24.9. The van der Waals surface area contributed by atoms with E-state index in [2.05, 4.69) is 11.9 Å². The van der Waals surface area contributed by atoms with Crippen molar-refractivity contribution in [2.75, 3.05) is 0 Å². The van der Waals surface area contributed by atoms with Gasteiger partial charge < -0.3 is 5.11 Å². The number of sulfonamides is 1. The van der Waals surface area contributed by atoms with Crippen LogP contribution in [-0.2, 0) is 10.0 Å². The molecule has 0 radical (unpaired) electrons. The van der Waals surface area contributed by atoms with Crippen LogP contribution in [0.15, 0.2) is 59.6 Å². The normalized spacial score (nSPS) is 12.8. The van der Waals surface area contributed by atoms with Crippen molar-refractivity contribution in [3.05, 3.63) is 65.4 Å². The molecule has 1 aromatic heterocycles. The van der Waals surface area contributed by atoms with Crippen LogP contribution in [0.25, 0.3) is 17.1 Å². The van der Waals surface area contributed by atoms with Gasteiger partial charge in [0, 0.05) is 22.5 Å². The zero-order valence-electron chi connectivity index (χ0n) is 16.1. The van der Waals surface area contributed by atoms with Crippen molar-refractivity contribution in [2.45, 2.75) is 43.6 Å². The van der Waals surface area contributed by atoms with Crippen LogP contribution < -0.4 is 5.14 Å². The number of primary sulfonamides is 1. The number of hydrogen-bond donors (Lipinski definition) is 2. The summed E-state index contributed by atoms with van der Waals surface area (Å²) in [6, 6.07) is 13.5. The Balaban J connectivity index is 2.02. The Kier molecular flexibility index (Phi) is 6.74. The number of unbranched alkanes of at least 4 members (excludes halogenated alkanes) is 2. The molecule has 2 aromatic carbocycles. The minimum atomic E-state index is -3.77. The number of rotatable bonds is 8. The molecule has 0 saturated carbocycles. The van der Waals surface area contributed by atoms with E-state index in [9.17, 15) is 13.5 Å². The third-order valence-electron chi connectivity index (χ3n) is 4.69. The molecule has 3 aromatic rings. The second kappa shape index (κ2) is 9.09. The first kappa shape index (κ1) is 21.5. The van der Waals surface area contributed by atoms with Gasteiger partial charge in [-0.2, -0.15) is 0 Å². The molecule has 1 heterocycles. The summed E-state index contributed by atoms with van der Waals surface area (Å²) in [4.78, 5) is 4.68. The van der Waals surface area contributed by atoms with Crippen LogP contribution in [0, 0.1) is 0 Å². The van der Waals surface area contributed by atoms with Crippen LogP contribution in [0.1, 0.15) is 44.4 Å². The highest BCUT2D eigenvalue weighted by Gasteiger charge is 2.18. The van der Waals surface area contributed by atoms with E-state index in [-0.39, 0.29) is 4.90 Å². The van der Waals surface area contributed by atoms with Crippen LogP contribution in [-0.4, -0.2) is 23.1 Å². The van der Waals surface area contributed by atoms with Crippen LogP contribution in [0.4, 0.5) is 0 Å². The zero-order valence-corrected chi connectivity index (χ0v) is 17.7. The van der Waals surface area contributed by atoms with Crippen LogP contribution in [0.3, 0.4) is 0 Å². The number of imidazole rings is 1. The van der Waals surface area contributed by atoms with Crippen molar-refractivity contribution in [3.63, 3.8) is 0 Å². The first-order valence-corrected chi connectivity index (χ1v) is 11.4. The number of nitrogens with two attached hydrogens (primary N) is 1. The lowest BCUT2D eigenvalue weighted by Crippen LogP contribution is -2.11. The summed E-state index contributed by atoms with van der Waals surface area (Å²) in [7, 11) is -3.77. The van der Waals surface area contributed by atoms with Gasteiger partial charge in [-0.3, -0.25) is 4.57 Å². The fourth-order valence-corrected chi connectivity index (χ4v) is 3.73. The SMILES string of the molecule is CCCCCC(O)c1cn(-c2ccc(Cl)cc2)c(-c2ccc(S(N)(=O)=O)cc2)n1. The van der Waals surface area contributed by atoms with E-state index >= 15 is 0 Å². The summed E-state index contributed by atoms with van der Waals surface area (Å²) in [6.45, 7) is 2.12. The average molecular weight is 434 g/mol. The molecule has 29 heavy (non-hydrogen) atoms. The van der Waals surface area contributed by atoms with Gasteiger partial charge in [-0.25, -0.2) is 18.5 Å². The highest BCUT2D eigenvalue weighted by atomic mass is 35.5. The van der Waals surface area contributed by atoms with Gasteiger partial charge in [-0.15, -0.1) is 0 Å². The third kappa shape index (κ3) is 5.25. The van der Waals surface area contributed by atoms with Crippen LogP contribution >= 0.6 is 11.6 Å². The van der Waals surface area contributed by atoms with E-state index in [1.54, 1.807) is 24.3 Å². The first-order chi connectivity index (χ1) is 13.8. The van der Waals surface area contributed by atoms with Crippen LogP contribution in [0.2, 0.25) is 5.02 Å². The Hall–Kier alpha value is -2.19. The molecule has 0 spiro atoms. The van der Waals surface area contributed by atoms with E-state index in [0.717, 1.165) is 24.9 Å². The molecule has 0 saturated heterocycles. The van der Waals surface area contributed by atoms with E-state index in [0.29, 0.717) is 28.5 Å². The number of aliphatic hydroxyl groups is 1. The molecule has 0 bridgehead atoms. The maximum absolute atomic E-state index is 11.5. The Bertz CT molecular complexity index is 1060. The van der Waals surface area contributed by atoms with E-state index in [1.165, 1.54) is 12.1 Å². The minimum Gasteiger partial charge on any atom is -0.387 e. The Labute approximate surface area is 176 Å². The molecule has 1 atom stereocenters. The fraction of sp³-hybridized carbons (Fsp3) is 0.286. The number of nitrogens with zero attached hydrogens (tertiary/aromatic N) is 2. The molecule has 0 amide bonds. The maximum Gasteiger partial charge on any atom is 0.238 e. The lowest BCUT2D eigenvalue weighted by Gasteiger charge is -2.08. The van der Waals surface area contributed by atoms with Gasteiger partial charge in [0.1, 0.15) is 5.82 Å². The van der Waals surface area contributed by atoms with Gasteiger partial charge in [0.2, 0.25) is 10.0 Å². The van der Waals surface area contributed by atoms with Crippen molar-refractivity contribution in [1.29, 1.82) is 0 Å². The fourth-order valence-electron chi connectivity index (χ4n) is 3.09. The monoisotopic (exact) mass is 433 g/mol. The summed E-state index contributed by atoms with van der Waals surface area (Å²) >= 11 is 6.01. The Morgan fingerprint density at radius 3 is 2.34 bits per heavy atom. The first-order valence-electron chi connectivity index (χ1n) is 9.46. The average Bonchev–Trinajstić information content (AvgIpc) is 3.13. The van der Waals surface area contributed by atoms with Gasteiger partial charge in [0.25, 0.3) is 0 Å². The van der Waals surface area contributed by atoms with Gasteiger partial charge in [-0.1, -0.05) is 37.8 Å². The largest absolute Gasteiger partial charge is 0.387 e. The highest BCUT2D eigenvalue weighted by Crippen LogP contribution is 2.28. The van der Waals surface area contributed by atoms with Crippen molar-refractivity contribution < 1.29 is 13.5 Å². The lowest BCUT2D eigenvalue weighted by molar-refractivity contribution is 0.159. The summed E-state index contributed by atoms with van der Waals surface area (Å²) in [6.07, 6.45) is 4.82. The van der Waals surface area contributed by atoms with Gasteiger partial charge >= 0.3 is 0 Å². The van der Waals surface area contributed by atoms with E-state index in [1.807, 2.05) is 22.9 Å². The van der Waals surface area contributed by atoms with Gasteiger partial charge in [0.05, 0.1) is 16.7 Å². The number of halogens is 1. The molecular formula is C21H24ClN3O3S. The highest BCUT2D eigenvalue weighted by molar-refractivity contribution is 7.89. The quantitative estimate of drug-likeness (QED) is 0.512. The molecular weight excluding hydrogens is 410 g/mol. The number of hydrogen-bond acceptors (Lipinski definition) is 4. The van der Waals surface area contributed by atoms with Crippen molar-refractivity contribution in [1.82, 2.24) is 9.55 Å². The van der Waals surface area contributed by atoms with Crippen molar-refractivity contribution in [2.24, 2.45) is 5.14 Å². The summed E-state index contributed by atoms with van der Waals surface area (Å²) in [5.74, 6) is 0.595. The third-order valence-corrected chi connectivity index (χ3v) is 5.87. The topological polar surface area (TPSA) is 98.2 Å². The number of benzene rings is 2. The number of aromatic nitrogens is 2. The van der Waals surface area contributed by atoms with Gasteiger partial charge in [-0.05, 0) is 55.0 Å². The maximum atomic E-state index is 11.5. The molecule has 0 aliphatic heterocycles. The van der Waals surface area contributed by atoms with E-state index < -0.39 is 16.1 Å². The Morgan fingerprint density at radius 1 is 1.10 bits per heavy atom. The van der Waals surface area contributed by atoms with E-state index in [4.69, 9.17) is 16.7 Å². The van der Waals surface area contributed by atoms with Gasteiger partial charge in [0.15, 0.2) is 0 Å². The second-order valence-electron chi connectivity index (χ2n) is 6.92. The Morgan fingerprint density at radius 2 is 1.76 bits per heavy atom. The second-order valence-corrected chi connectivity index (χ2v) is 8.91. The standard InChI is InChI=1S/C21H24ClN3O3S/c1-2-3-4-5-20(26)19-14-25(17-10-8-16(22)9-11-17)21(24-19)15-6-12-18(13-7-15)29(23,27)28/h6-14,20,26H,2-5H2,1H3,(H2,23,27,28). The molecule has 6 nitrogen and oxygen atoms in total. The smallest absolute Gasteiger partial charge is 0.238 e. The number of aliphatic hydroxyl groups excluding tert-OH is 1. The van der Waals surface area contributed by atoms with Crippen LogP contribution in [0.5, 0.6) is 0 Å². The van der Waals surface area contributed by atoms with Crippen molar-refractivity contribution >= 4 is 21.6 Å². The predicted octanol–water partition coefficient (Wildman–Crippen LogP) is 4.45. The summed E-state index contributed by atoms with van der Waals surface area (Å²) in [5.41, 5.74) is 2.11. The molecule has 3 N–H and O–H groups in total. The molecule has 0 aliphatic rings. The molecule has 0 aliphatic carbocycles. The molecule has 0 fully saturated rings. The predicted molar refractivity (Wildman–Crippen MR) is 114 cm³/mol. The zero-order chi connectivity index (χ0) is 21.0.